The van der Waals surface area contributed by atoms with E-state index in [-0.39, 0.29) is 17.9 Å². The van der Waals surface area contributed by atoms with E-state index in [2.05, 4.69) is 10.3 Å². The van der Waals surface area contributed by atoms with Gasteiger partial charge in [0.2, 0.25) is 5.75 Å². The molecule has 1 aliphatic rings. The number of piperidine rings is 1. The van der Waals surface area contributed by atoms with Gasteiger partial charge in [-0.2, -0.15) is 0 Å². The molecule has 1 aromatic heterocycles. The molecular weight excluding hydrogens is 410 g/mol. The summed E-state index contributed by atoms with van der Waals surface area (Å²) >= 11 is 0. The van der Waals surface area contributed by atoms with Crippen LogP contribution in [0.3, 0.4) is 0 Å². The Morgan fingerprint density at radius 3 is 2.03 bits per heavy atom. The van der Waals surface area contributed by atoms with Crippen LogP contribution in [0.1, 0.15) is 54.3 Å². The van der Waals surface area contributed by atoms with Crippen molar-refractivity contribution >= 4 is 11.8 Å². The van der Waals surface area contributed by atoms with Gasteiger partial charge in [0.05, 0.1) is 19.8 Å². The number of rotatable bonds is 9. The zero-order chi connectivity index (χ0) is 22.9. The zero-order valence-electron chi connectivity index (χ0n) is 18.9. The van der Waals surface area contributed by atoms with Gasteiger partial charge in [-0.05, 0) is 57.9 Å². The Hall–Kier alpha value is -3.29. The number of carbonyl (C=O) groups excluding carboxylic acids is 2. The minimum absolute atomic E-state index is 0.0259. The molecule has 1 aliphatic heterocycles. The number of aromatic nitrogens is 1. The van der Waals surface area contributed by atoms with Crippen molar-refractivity contribution in [3.63, 3.8) is 0 Å². The van der Waals surface area contributed by atoms with Crippen molar-refractivity contribution < 1.29 is 23.8 Å². The van der Waals surface area contributed by atoms with Gasteiger partial charge in [-0.25, -0.2) is 0 Å². The van der Waals surface area contributed by atoms with Crippen LogP contribution < -0.4 is 19.5 Å². The maximum absolute atomic E-state index is 13.2. The van der Waals surface area contributed by atoms with Crippen LogP contribution >= 0.6 is 0 Å². The predicted octanol–water partition coefficient (Wildman–Crippen LogP) is 3.31. The Morgan fingerprint density at radius 2 is 1.50 bits per heavy atom. The van der Waals surface area contributed by atoms with Crippen LogP contribution in [0.5, 0.6) is 17.2 Å². The number of hydrogen-bond donors (Lipinski definition) is 1. The van der Waals surface area contributed by atoms with Crippen LogP contribution in [0.15, 0.2) is 36.7 Å². The summed E-state index contributed by atoms with van der Waals surface area (Å²) in [6, 6.07) is 6.84. The number of benzene rings is 1. The summed E-state index contributed by atoms with van der Waals surface area (Å²) < 4.78 is 17.2. The smallest absolute Gasteiger partial charge is 0.254 e. The zero-order valence-corrected chi connectivity index (χ0v) is 18.9. The van der Waals surface area contributed by atoms with Gasteiger partial charge in [-0.1, -0.05) is 0 Å². The molecule has 32 heavy (non-hydrogen) atoms. The molecule has 3 rings (SSSR count). The van der Waals surface area contributed by atoms with Crippen LogP contribution in [0.4, 0.5) is 0 Å². The first-order valence-corrected chi connectivity index (χ1v) is 11.1. The molecule has 0 spiro atoms. The van der Waals surface area contributed by atoms with Crippen molar-refractivity contribution in [2.75, 3.05) is 32.9 Å². The number of carbonyl (C=O) groups is 2. The Balaban J connectivity index is 1.68. The maximum Gasteiger partial charge on any atom is 0.254 e. The molecular formula is C24H31N3O5. The summed E-state index contributed by atoms with van der Waals surface area (Å²) in [5, 5.41) is 3.05. The lowest BCUT2D eigenvalue weighted by molar-refractivity contribution is 0.0697. The van der Waals surface area contributed by atoms with Crippen LogP contribution in [-0.2, 0) is 0 Å². The molecule has 1 saturated heterocycles. The monoisotopic (exact) mass is 441 g/mol. The molecule has 1 aromatic carbocycles. The molecule has 1 N–H and O–H groups in total. The molecule has 8 nitrogen and oxygen atoms in total. The Morgan fingerprint density at radius 1 is 0.938 bits per heavy atom. The molecule has 0 unspecified atom stereocenters. The van der Waals surface area contributed by atoms with Gasteiger partial charge in [0, 0.05) is 42.7 Å². The first-order chi connectivity index (χ1) is 15.6. The average Bonchev–Trinajstić information content (AvgIpc) is 2.82. The molecule has 2 aromatic rings. The van der Waals surface area contributed by atoms with E-state index in [9.17, 15) is 9.59 Å². The van der Waals surface area contributed by atoms with Gasteiger partial charge in [0.1, 0.15) is 0 Å². The van der Waals surface area contributed by atoms with E-state index in [1.807, 2.05) is 20.8 Å². The summed E-state index contributed by atoms with van der Waals surface area (Å²) in [6.45, 7) is 8.14. The topological polar surface area (TPSA) is 90.0 Å². The van der Waals surface area contributed by atoms with E-state index in [0.29, 0.717) is 74.1 Å². The van der Waals surface area contributed by atoms with E-state index < -0.39 is 0 Å². The van der Waals surface area contributed by atoms with Gasteiger partial charge in [-0.15, -0.1) is 0 Å². The lowest BCUT2D eigenvalue weighted by Gasteiger charge is -2.32. The highest BCUT2D eigenvalue weighted by molar-refractivity contribution is 5.96. The second-order valence-electron chi connectivity index (χ2n) is 7.38. The van der Waals surface area contributed by atoms with Crippen molar-refractivity contribution in [1.29, 1.82) is 0 Å². The molecule has 0 aliphatic carbocycles. The molecule has 8 heteroatoms. The van der Waals surface area contributed by atoms with Crippen molar-refractivity contribution in [2.45, 2.75) is 39.7 Å². The van der Waals surface area contributed by atoms with Crippen molar-refractivity contribution in [1.82, 2.24) is 15.2 Å². The summed E-state index contributed by atoms with van der Waals surface area (Å²) in [6.07, 6.45) is 4.58. The molecule has 1 fully saturated rings. The number of amides is 2. The minimum atomic E-state index is -0.119. The largest absolute Gasteiger partial charge is 0.490 e. The fourth-order valence-electron chi connectivity index (χ4n) is 3.69. The van der Waals surface area contributed by atoms with Crippen LogP contribution in [0.2, 0.25) is 0 Å². The van der Waals surface area contributed by atoms with Gasteiger partial charge in [0.15, 0.2) is 11.5 Å². The molecule has 0 radical (unpaired) electrons. The molecule has 0 atom stereocenters. The van der Waals surface area contributed by atoms with Crippen molar-refractivity contribution in [2.24, 2.45) is 0 Å². The Kier molecular flexibility index (Phi) is 8.30. The Bertz CT molecular complexity index is 884. The van der Waals surface area contributed by atoms with Gasteiger partial charge >= 0.3 is 0 Å². The van der Waals surface area contributed by atoms with E-state index in [4.69, 9.17) is 14.2 Å². The van der Waals surface area contributed by atoms with Gasteiger partial charge in [0.25, 0.3) is 11.8 Å². The summed E-state index contributed by atoms with van der Waals surface area (Å²) in [4.78, 5) is 31.3. The van der Waals surface area contributed by atoms with Crippen LogP contribution in [-0.4, -0.2) is 60.7 Å². The second kappa shape index (κ2) is 11.4. The highest BCUT2D eigenvalue weighted by Gasteiger charge is 2.27. The standard InChI is InChI=1S/C24H31N3O5/c1-4-30-20-15-18(16-21(31-5-2)22(20)32-6-3)24(29)27-13-9-19(10-14-27)26-23(28)17-7-11-25-12-8-17/h7-8,11-12,15-16,19H,4-6,9-10,13-14H2,1-3H3,(H,26,28). The number of hydrogen-bond acceptors (Lipinski definition) is 6. The third-order valence-corrected chi connectivity index (χ3v) is 5.22. The SMILES string of the molecule is CCOc1cc(C(=O)N2CCC(NC(=O)c3ccncc3)CC2)cc(OCC)c1OCC. The molecule has 0 bridgehead atoms. The van der Waals surface area contributed by atoms with Crippen LogP contribution in [0.25, 0.3) is 0 Å². The number of pyridine rings is 1. The van der Waals surface area contributed by atoms with Crippen LogP contribution in [0, 0.1) is 0 Å². The molecule has 0 saturated carbocycles. The second-order valence-corrected chi connectivity index (χ2v) is 7.38. The quantitative estimate of drug-likeness (QED) is 0.642. The van der Waals surface area contributed by atoms with E-state index in [1.54, 1.807) is 41.6 Å². The van der Waals surface area contributed by atoms with Gasteiger partial charge in [-0.3, -0.25) is 14.6 Å². The first kappa shape index (κ1) is 23.4. The molecule has 2 amide bonds. The first-order valence-electron chi connectivity index (χ1n) is 11.1. The fourth-order valence-corrected chi connectivity index (χ4v) is 3.69. The normalized spacial score (nSPS) is 14.0. The lowest BCUT2D eigenvalue weighted by Crippen LogP contribution is -2.46. The lowest BCUT2D eigenvalue weighted by atomic mass is 10.0. The Labute approximate surface area is 188 Å². The highest BCUT2D eigenvalue weighted by atomic mass is 16.5. The highest BCUT2D eigenvalue weighted by Crippen LogP contribution is 2.39. The average molecular weight is 442 g/mol. The summed E-state index contributed by atoms with van der Waals surface area (Å²) in [5.74, 6) is 1.32. The molecule has 172 valence electrons. The third-order valence-electron chi connectivity index (χ3n) is 5.22. The van der Waals surface area contributed by atoms with E-state index in [1.165, 1.54) is 0 Å². The van der Waals surface area contributed by atoms with Crippen molar-refractivity contribution in [3.8, 4) is 17.2 Å². The van der Waals surface area contributed by atoms with E-state index in [0.717, 1.165) is 0 Å². The van der Waals surface area contributed by atoms with Crippen molar-refractivity contribution in [3.05, 3.63) is 47.8 Å². The van der Waals surface area contributed by atoms with E-state index >= 15 is 0 Å². The maximum atomic E-state index is 13.2. The molecule has 2 heterocycles. The number of likely N-dealkylation sites (tertiary alicyclic amines) is 1. The summed E-state index contributed by atoms with van der Waals surface area (Å²) in [5.41, 5.74) is 1.08. The summed E-state index contributed by atoms with van der Waals surface area (Å²) in [7, 11) is 0. The number of nitrogens with one attached hydrogen (secondary N) is 1. The predicted molar refractivity (Wildman–Crippen MR) is 121 cm³/mol. The number of ether oxygens (including phenoxy) is 3. The van der Waals surface area contributed by atoms with Gasteiger partial charge < -0.3 is 24.4 Å². The third kappa shape index (κ3) is 5.69. The fraction of sp³-hybridized carbons (Fsp3) is 0.458. The minimum Gasteiger partial charge on any atom is -0.490 e. The number of nitrogens with zero attached hydrogens (tertiary/aromatic N) is 2.